The van der Waals surface area contributed by atoms with E-state index in [4.69, 9.17) is 0 Å². The van der Waals surface area contributed by atoms with Crippen LogP contribution >= 0.6 is 0 Å². The quantitative estimate of drug-likeness (QED) is 0.858. The molecule has 24 heavy (non-hydrogen) atoms. The molecule has 1 aliphatic heterocycles. The van der Waals surface area contributed by atoms with Gasteiger partial charge < -0.3 is 4.90 Å². The summed E-state index contributed by atoms with van der Waals surface area (Å²) in [6, 6.07) is 12.4. The molecule has 0 saturated heterocycles. The monoisotopic (exact) mass is 343 g/mol. The van der Waals surface area contributed by atoms with Crippen molar-refractivity contribution in [2.75, 3.05) is 17.2 Å². The topological polar surface area (TPSA) is 54.5 Å². The van der Waals surface area contributed by atoms with Crippen LogP contribution in [0.3, 0.4) is 0 Å². The number of hydrogen-bond donors (Lipinski definition) is 0. The van der Waals surface area contributed by atoms with Crippen molar-refractivity contribution in [1.82, 2.24) is 0 Å². The van der Waals surface area contributed by atoms with Gasteiger partial charge >= 0.3 is 0 Å². The van der Waals surface area contributed by atoms with Crippen molar-refractivity contribution < 1.29 is 13.2 Å². The van der Waals surface area contributed by atoms with Gasteiger partial charge in [0, 0.05) is 12.1 Å². The molecule has 126 valence electrons. The van der Waals surface area contributed by atoms with Crippen LogP contribution in [-0.2, 0) is 16.3 Å². The molecule has 0 bridgehead atoms. The lowest BCUT2D eigenvalue weighted by atomic mass is 9.97. The van der Waals surface area contributed by atoms with Gasteiger partial charge in [0.15, 0.2) is 9.84 Å². The highest BCUT2D eigenvalue weighted by atomic mass is 32.2. The van der Waals surface area contributed by atoms with Crippen molar-refractivity contribution in [2.24, 2.45) is 0 Å². The molecule has 0 fully saturated rings. The number of carbonyl (C=O) groups excluding carboxylic acids is 1. The Kier molecular flexibility index (Phi) is 4.45. The second kappa shape index (κ2) is 6.40. The molecule has 0 aromatic heterocycles. The zero-order valence-corrected chi connectivity index (χ0v) is 14.8. The summed E-state index contributed by atoms with van der Waals surface area (Å²) in [4.78, 5) is 15.0. The van der Waals surface area contributed by atoms with Crippen molar-refractivity contribution in [3.8, 4) is 0 Å². The van der Waals surface area contributed by atoms with Crippen LogP contribution in [0.15, 0.2) is 47.4 Å². The molecule has 2 aromatic rings. The van der Waals surface area contributed by atoms with E-state index in [1.807, 2.05) is 24.0 Å². The lowest BCUT2D eigenvalue weighted by molar-refractivity contribution is 0.0985. The molecule has 1 aliphatic rings. The number of para-hydroxylation sites is 1. The van der Waals surface area contributed by atoms with Crippen LogP contribution in [0.25, 0.3) is 0 Å². The summed E-state index contributed by atoms with van der Waals surface area (Å²) >= 11 is 0. The minimum absolute atomic E-state index is 0.0546. The fraction of sp³-hybridized carbons (Fsp3) is 0.316. The number of fused-ring (bicyclic) bond motifs is 1. The first-order valence-electron chi connectivity index (χ1n) is 8.17. The number of benzene rings is 2. The van der Waals surface area contributed by atoms with Crippen LogP contribution in [0.4, 0.5) is 5.69 Å². The zero-order chi connectivity index (χ0) is 17.3. The zero-order valence-electron chi connectivity index (χ0n) is 14.0. The number of nitrogens with zero attached hydrogens (tertiary/aromatic N) is 1. The van der Waals surface area contributed by atoms with Gasteiger partial charge in [-0.25, -0.2) is 8.42 Å². The molecule has 0 saturated carbocycles. The number of hydrogen-bond acceptors (Lipinski definition) is 3. The van der Waals surface area contributed by atoms with Gasteiger partial charge in [0.05, 0.1) is 16.3 Å². The normalized spacial score (nSPS) is 14.3. The third-order valence-corrected chi connectivity index (χ3v) is 6.26. The van der Waals surface area contributed by atoms with Gasteiger partial charge in [-0.1, -0.05) is 25.1 Å². The Morgan fingerprint density at radius 2 is 1.83 bits per heavy atom. The van der Waals surface area contributed by atoms with Crippen molar-refractivity contribution in [1.29, 1.82) is 0 Å². The van der Waals surface area contributed by atoms with Crippen molar-refractivity contribution in [2.45, 2.75) is 31.6 Å². The van der Waals surface area contributed by atoms with E-state index < -0.39 is 9.84 Å². The molecule has 0 unspecified atom stereocenters. The van der Waals surface area contributed by atoms with Crippen LogP contribution in [0.1, 0.15) is 34.8 Å². The predicted molar refractivity (Wildman–Crippen MR) is 95.3 cm³/mol. The summed E-state index contributed by atoms with van der Waals surface area (Å²) in [6.45, 7) is 4.31. The Morgan fingerprint density at radius 1 is 1.12 bits per heavy atom. The average molecular weight is 343 g/mol. The Labute approximate surface area is 143 Å². The maximum Gasteiger partial charge on any atom is 0.258 e. The Morgan fingerprint density at radius 3 is 2.50 bits per heavy atom. The Hall–Kier alpha value is -2.14. The second-order valence-corrected chi connectivity index (χ2v) is 8.35. The van der Waals surface area contributed by atoms with Crippen molar-refractivity contribution in [3.63, 3.8) is 0 Å². The molecule has 0 spiro atoms. The first kappa shape index (κ1) is 16.7. The molecular formula is C19H21NO3S. The van der Waals surface area contributed by atoms with Crippen LogP contribution in [0, 0.1) is 6.92 Å². The molecule has 0 atom stereocenters. The van der Waals surface area contributed by atoms with E-state index in [-0.39, 0.29) is 16.6 Å². The molecule has 0 radical (unpaired) electrons. The lowest BCUT2D eigenvalue weighted by Gasteiger charge is -2.31. The maximum atomic E-state index is 12.9. The third kappa shape index (κ3) is 2.96. The predicted octanol–water partition coefficient (Wildman–Crippen LogP) is 3.38. The van der Waals surface area contributed by atoms with E-state index >= 15 is 0 Å². The summed E-state index contributed by atoms with van der Waals surface area (Å²) in [5.74, 6) is -0.0235. The first-order valence-corrected chi connectivity index (χ1v) is 9.82. The highest BCUT2D eigenvalue weighted by Crippen LogP contribution is 2.31. The number of sulfone groups is 1. The van der Waals surface area contributed by atoms with Gasteiger partial charge in [0.25, 0.3) is 5.91 Å². The van der Waals surface area contributed by atoms with Crippen LogP contribution in [0.5, 0.6) is 0 Å². The molecule has 1 amide bonds. The molecule has 3 rings (SSSR count). The number of amides is 1. The third-order valence-electron chi connectivity index (χ3n) is 4.50. The molecule has 0 aliphatic carbocycles. The van der Waals surface area contributed by atoms with Crippen LogP contribution in [-0.4, -0.2) is 26.6 Å². The van der Waals surface area contributed by atoms with E-state index in [1.165, 1.54) is 17.7 Å². The van der Waals surface area contributed by atoms with Gasteiger partial charge in [-0.3, -0.25) is 4.79 Å². The first-order chi connectivity index (χ1) is 11.4. The van der Waals surface area contributed by atoms with E-state index in [1.54, 1.807) is 19.1 Å². The average Bonchev–Trinajstić information content (AvgIpc) is 2.61. The van der Waals surface area contributed by atoms with Gasteiger partial charge in [-0.2, -0.15) is 0 Å². The summed E-state index contributed by atoms with van der Waals surface area (Å²) in [7, 11) is -3.25. The number of aryl methyl sites for hydroxylation is 2. The maximum absolute atomic E-state index is 12.9. The molecule has 4 nitrogen and oxygen atoms in total. The lowest BCUT2D eigenvalue weighted by Crippen LogP contribution is -2.36. The minimum atomic E-state index is -3.25. The SMILES string of the molecule is CCS(=O)(=O)c1ccc(C(=O)N2CCCc3cccc(C)c32)cc1. The fourth-order valence-corrected chi connectivity index (χ4v) is 4.06. The summed E-state index contributed by atoms with van der Waals surface area (Å²) in [5.41, 5.74) is 3.80. The van der Waals surface area contributed by atoms with Crippen LogP contribution < -0.4 is 4.90 Å². The number of anilines is 1. The highest BCUT2D eigenvalue weighted by molar-refractivity contribution is 7.91. The van der Waals surface area contributed by atoms with Gasteiger partial charge in [-0.15, -0.1) is 0 Å². The van der Waals surface area contributed by atoms with E-state index in [0.29, 0.717) is 12.1 Å². The fourth-order valence-electron chi connectivity index (χ4n) is 3.18. The second-order valence-electron chi connectivity index (χ2n) is 6.07. The molecular weight excluding hydrogens is 322 g/mol. The summed E-state index contributed by atoms with van der Waals surface area (Å²) in [6.07, 6.45) is 1.92. The van der Waals surface area contributed by atoms with Gasteiger partial charge in [0.1, 0.15) is 0 Å². The molecule has 1 heterocycles. The highest BCUT2D eigenvalue weighted by Gasteiger charge is 2.25. The molecule has 5 heteroatoms. The number of rotatable bonds is 3. The minimum Gasteiger partial charge on any atom is -0.308 e. The van der Waals surface area contributed by atoms with Crippen molar-refractivity contribution >= 4 is 21.4 Å². The number of carbonyl (C=O) groups is 1. The van der Waals surface area contributed by atoms with Crippen LogP contribution in [0.2, 0.25) is 0 Å². The largest absolute Gasteiger partial charge is 0.308 e. The van der Waals surface area contributed by atoms with Gasteiger partial charge in [0.2, 0.25) is 0 Å². The summed E-state index contributed by atoms with van der Waals surface area (Å²) in [5, 5.41) is 0. The Balaban J connectivity index is 1.94. The van der Waals surface area contributed by atoms with Crippen molar-refractivity contribution in [3.05, 3.63) is 59.2 Å². The van der Waals surface area contributed by atoms with E-state index in [2.05, 4.69) is 6.07 Å². The Bertz CT molecular complexity index is 870. The van der Waals surface area contributed by atoms with E-state index in [0.717, 1.165) is 24.1 Å². The standard InChI is InChI=1S/C19H21NO3S/c1-3-24(22,23)17-11-9-16(10-12-17)19(21)20-13-5-8-15-7-4-6-14(2)18(15)20/h4,6-7,9-12H,3,5,8,13H2,1-2H3. The smallest absolute Gasteiger partial charge is 0.258 e. The molecule has 2 aromatic carbocycles. The summed E-state index contributed by atoms with van der Waals surface area (Å²) < 4.78 is 23.8. The molecule has 0 N–H and O–H groups in total. The van der Waals surface area contributed by atoms with E-state index in [9.17, 15) is 13.2 Å². The van der Waals surface area contributed by atoms with Gasteiger partial charge in [-0.05, 0) is 55.2 Å².